The van der Waals surface area contributed by atoms with Crippen LogP contribution in [0, 0.1) is 6.92 Å². The van der Waals surface area contributed by atoms with Crippen molar-refractivity contribution in [2.45, 2.75) is 23.1 Å². The van der Waals surface area contributed by atoms with Crippen LogP contribution >= 0.6 is 0 Å². The molecule has 16 nitrogen and oxygen atoms in total. The molecule has 0 aromatic heterocycles. The molecule has 0 aliphatic rings. The summed E-state index contributed by atoms with van der Waals surface area (Å²) < 4.78 is 94.6. The summed E-state index contributed by atoms with van der Waals surface area (Å²) in [5, 5.41) is 23.2. The highest BCUT2D eigenvalue weighted by atomic mass is 32.2. The van der Waals surface area contributed by atoms with Gasteiger partial charge in [0.25, 0.3) is 20.2 Å². The normalized spacial score (nSPS) is 12.5. The summed E-state index contributed by atoms with van der Waals surface area (Å²) in [6.07, 6.45) is 0.629. The lowest BCUT2D eigenvalue weighted by Gasteiger charge is -2.17. The molecule has 0 saturated heterocycles. The second kappa shape index (κ2) is 15.3. The molecule has 0 radical (unpaired) electrons. The van der Waals surface area contributed by atoms with Crippen molar-refractivity contribution in [1.82, 2.24) is 0 Å². The quantitative estimate of drug-likeness (QED) is 0.0552. The fourth-order valence-corrected chi connectivity index (χ4v) is 5.52. The van der Waals surface area contributed by atoms with Crippen molar-refractivity contribution in [2.24, 2.45) is 20.5 Å². The van der Waals surface area contributed by atoms with Crippen molar-refractivity contribution in [1.29, 1.82) is 0 Å². The van der Waals surface area contributed by atoms with E-state index in [1.54, 1.807) is 20.1 Å². The SMILES string of the molecule is C=CS(=O)(=O)CCNc1cc(NCCCOC)c(N=Nc2ccc(N=Nc3ccc(S(=O)(=O)O)cc3)cc2S(=O)(=O)O)c(C)c1N. The third-order valence-corrected chi connectivity index (χ3v) is 9.32. The summed E-state index contributed by atoms with van der Waals surface area (Å²) in [5.74, 6) is -0.207. The number of hydrogen-bond acceptors (Lipinski definition) is 14. The molecular formula is C27H33N7O9S3. The highest BCUT2D eigenvalue weighted by molar-refractivity contribution is 7.94. The first kappa shape index (κ1) is 36.2. The number of azo groups is 2. The maximum absolute atomic E-state index is 12.3. The molecule has 0 amide bonds. The van der Waals surface area contributed by atoms with Crippen LogP contribution in [-0.2, 0) is 34.8 Å². The molecule has 0 aliphatic carbocycles. The number of nitrogen functional groups attached to an aromatic ring is 1. The molecule has 248 valence electrons. The van der Waals surface area contributed by atoms with E-state index in [4.69, 9.17) is 15.0 Å². The molecule has 3 aromatic carbocycles. The lowest BCUT2D eigenvalue weighted by molar-refractivity contribution is 0.198. The average Bonchev–Trinajstić information content (AvgIpc) is 2.99. The largest absolute Gasteiger partial charge is 0.397 e. The lowest BCUT2D eigenvalue weighted by atomic mass is 10.1. The number of hydrogen-bond donors (Lipinski definition) is 5. The highest BCUT2D eigenvalue weighted by Gasteiger charge is 2.19. The molecule has 0 bridgehead atoms. The number of rotatable bonds is 16. The van der Waals surface area contributed by atoms with E-state index in [0.29, 0.717) is 36.5 Å². The molecular weight excluding hydrogens is 663 g/mol. The number of nitrogens with two attached hydrogens (primary N) is 1. The van der Waals surface area contributed by atoms with Gasteiger partial charge in [0.1, 0.15) is 16.3 Å². The van der Waals surface area contributed by atoms with Crippen molar-refractivity contribution < 1.29 is 39.1 Å². The predicted molar refractivity (Wildman–Crippen MR) is 174 cm³/mol. The summed E-state index contributed by atoms with van der Waals surface area (Å²) >= 11 is 0. The van der Waals surface area contributed by atoms with Crippen molar-refractivity contribution >= 4 is 69.9 Å². The Kier molecular flexibility index (Phi) is 12.1. The van der Waals surface area contributed by atoms with Crippen molar-refractivity contribution in [3.63, 3.8) is 0 Å². The Hall–Kier alpha value is -4.27. The third-order valence-electron chi connectivity index (χ3n) is 6.28. The lowest BCUT2D eigenvalue weighted by Crippen LogP contribution is -2.15. The third kappa shape index (κ3) is 10.1. The monoisotopic (exact) mass is 695 g/mol. The Morgan fingerprint density at radius 3 is 2.09 bits per heavy atom. The van der Waals surface area contributed by atoms with E-state index in [1.807, 2.05) is 0 Å². The molecule has 0 aliphatic heterocycles. The second-order valence-electron chi connectivity index (χ2n) is 9.59. The van der Waals surface area contributed by atoms with E-state index >= 15 is 0 Å². The van der Waals surface area contributed by atoms with Gasteiger partial charge in [0.05, 0.1) is 39.1 Å². The Bertz CT molecular complexity index is 1960. The Morgan fingerprint density at radius 2 is 1.48 bits per heavy atom. The molecule has 6 N–H and O–H groups in total. The van der Waals surface area contributed by atoms with E-state index in [9.17, 15) is 29.8 Å². The van der Waals surface area contributed by atoms with Crippen LogP contribution in [0.2, 0.25) is 0 Å². The molecule has 0 fully saturated rings. The zero-order chi connectivity index (χ0) is 34.1. The van der Waals surface area contributed by atoms with Crippen LogP contribution in [0.3, 0.4) is 0 Å². The van der Waals surface area contributed by atoms with Gasteiger partial charge in [-0.05, 0) is 61.9 Å². The summed E-state index contributed by atoms with van der Waals surface area (Å²) in [6, 6.07) is 10.0. The van der Waals surface area contributed by atoms with Gasteiger partial charge in [-0.15, -0.1) is 10.2 Å². The van der Waals surface area contributed by atoms with E-state index in [1.165, 1.54) is 24.3 Å². The van der Waals surface area contributed by atoms with Gasteiger partial charge in [-0.2, -0.15) is 27.1 Å². The average molecular weight is 696 g/mol. The minimum absolute atomic E-state index is 0.0141. The summed E-state index contributed by atoms with van der Waals surface area (Å²) in [4.78, 5) is -0.957. The van der Waals surface area contributed by atoms with Gasteiger partial charge in [0.2, 0.25) is 0 Å². The van der Waals surface area contributed by atoms with Crippen LogP contribution in [0.4, 0.5) is 39.8 Å². The molecule has 3 aromatic rings. The molecule has 0 spiro atoms. The number of nitrogens with one attached hydrogen (secondary N) is 2. The fraction of sp³-hybridized carbons (Fsp3) is 0.259. The first-order valence-electron chi connectivity index (χ1n) is 13.3. The maximum Gasteiger partial charge on any atom is 0.296 e. The van der Waals surface area contributed by atoms with Gasteiger partial charge < -0.3 is 21.1 Å². The minimum Gasteiger partial charge on any atom is -0.397 e. The Labute approximate surface area is 266 Å². The zero-order valence-corrected chi connectivity index (χ0v) is 27.2. The summed E-state index contributed by atoms with van der Waals surface area (Å²) in [7, 11) is -11.1. The van der Waals surface area contributed by atoms with Crippen molar-refractivity contribution in [3.05, 3.63) is 66.1 Å². The van der Waals surface area contributed by atoms with Crippen LogP contribution in [0.15, 0.2) is 90.8 Å². The molecule has 0 atom stereocenters. The van der Waals surface area contributed by atoms with Gasteiger partial charge >= 0.3 is 0 Å². The first-order chi connectivity index (χ1) is 21.6. The van der Waals surface area contributed by atoms with E-state index < -0.39 is 35.0 Å². The Morgan fingerprint density at radius 1 is 0.848 bits per heavy atom. The first-order valence-corrected chi connectivity index (χ1v) is 17.9. The highest BCUT2D eigenvalue weighted by Crippen LogP contribution is 2.40. The topological polar surface area (TPSA) is 252 Å². The number of benzene rings is 3. The zero-order valence-electron chi connectivity index (χ0n) is 24.8. The Balaban J connectivity index is 1.97. The van der Waals surface area contributed by atoms with Gasteiger partial charge in [0, 0.05) is 37.8 Å². The smallest absolute Gasteiger partial charge is 0.296 e. The molecule has 3 rings (SSSR count). The van der Waals surface area contributed by atoms with E-state index in [-0.39, 0.29) is 45.6 Å². The standard InChI is InChI=1S/C27H33N7O9S3/c1-4-44(35,36)15-13-30-23-17-24(29-12-5-14-43-3)27(18(2)26(23)28)34-33-22-11-8-20(16-25(22)46(40,41)42)32-31-19-6-9-21(10-7-19)45(37,38)39/h4,6-11,16-17,29-30H,1,5,12-15,28H2,2-3H3,(H,37,38,39)(H,40,41,42). The van der Waals surface area contributed by atoms with Crippen LogP contribution in [0.5, 0.6) is 0 Å². The van der Waals surface area contributed by atoms with Gasteiger partial charge in [-0.3, -0.25) is 9.11 Å². The van der Waals surface area contributed by atoms with E-state index in [0.717, 1.165) is 23.6 Å². The van der Waals surface area contributed by atoms with Gasteiger partial charge in [-0.1, -0.05) is 6.58 Å². The van der Waals surface area contributed by atoms with Crippen molar-refractivity contribution in [3.8, 4) is 0 Å². The number of methoxy groups -OCH3 is 1. The van der Waals surface area contributed by atoms with Crippen LogP contribution in [0.25, 0.3) is 0 Å². The molecule has 19 heteroatoms. The maximum atomic E-state index is 12.3. The molecule has 46 heavy (non-hydrogen) atoms. The predicted octanol–water partition coefficient (Wildman–Crippen LogP) is 5.32. The number of ether oxygens (including phenoxy) is 1. The molecule has 0 unspecified atom stereocenters. The molecule has 0 heterocycles. The minimum atomic E-state index is -4.82. The van der Waals surface area contributed by atoms with Gasteiger partial charge in [0.15, 0.2) is 9.84 Å². The number of anilines is 3. The fourth-order valence-electron chi connectivity index (χ4n) is 3.84. The van der Waals surface area contributed by atoms with Crippen molar-refractivity contribution in [2.75, 3.05) is 48.9 Å². The molecule has 0 saturated carbocycles. The van der Waals surface area contributed by atoms with Gasteiger partial charge in [-0.25, -0.2) is 8.42 Å². The number of sulfone groups is 1. The van der Waals surface area contributed by atoms with Crippen LogP contribution < -0.4 is 16.4 Å². The van der Waals surface area contributed by atoms with E-state index in [2.05, 4.69) is 37.7 Å². The van der Waals surface area contributed by atoms with Crippen LogP contribution in [0.1, 0.15) is 12.0 Å². The summed E-state index contributed by atoms with van der Waals surface area (Å²) in [6.45, 7) is 5.94. The van der Waals surface area contributed by atoms with Crippen LogP contribution in [-0.4, -0.2) is 66.9 Å². The second-order valence-corrected chi connectivity index (χ2v) is 14.5. The number of nitrogens with zero attached hydrogens (tertiary/aromatic N) is 4. The summed E-state index contributed by atoms with van der Waals surface area (Å²) in [5.41, 5.74) is 8.18.